The van der Waals surface area contributed by atoms with Crippen LogP contribution >= 0.6 is 11.3 Å². The van der Waals surface area contributed by atoms with E-state index >= 15 is 0 Å². The maximum absolute atomic E-state index is 12.7. The molecule has 0 bridgehead atoms. The van der Waals surface area contributed by atoms with Crippen LogP contribution < -0.4 is 21.1 Å². The number of rotatable bonds is 7. The van der Waals surface area contributed by atoms with E-state index < -0.39 is 0 Å². The fraction of sp³-hybridized carbons (Fsp3) is 0.143. The molecule has 2 aromatic heterocycles. The van der Waals surface area contributed by atoms with Crippen molar-refractivity contribution >= 4 is 34.1 Å². The molecular weight excluding hydrogens is 402 g/mol. The highest BCUT2D eigenvalue weighted by Gasteiger charge is 2.12. The number of thiazole rings is 1. The molecule has 0 unspecified atom stereocenters. The quantitative estimate of drug-likeness (QED) is 0.445. The Labute approximate surface area is 176 Å². The number of fused-ring (bicyclic) bond motifs is 1. The van der Waals surface area contributed by atoms with Gasteiger partial charge in [0.15, 0.2) is 0 Å². The molecule has 0 radical (unpaired) electrons. The van der Waals surface area contributed by atoms with Gasteiger partial charge < -0.3 is 4.74 Å². The number of nitrogens with one attached hydrogen (secondary N) is 2. The van der Waals surface area contributed by atoms with E-state index in [1.54, 1.807) is 48.0 Å². The number of aromatic nitrogens is 3. The predicted octanol–water partition coefficient (Wildman–Crippen LogP) is 3.21. The van der Waals surface area contributed by atoms with Crippen LogP contribution in [0.1, 0.15) is 23.0 Å². The third kappa shape index (κ3) is 4.15. The van der Waals surface area contributed by atoms with Gasteiger partial charge in [0.25, 0.3) is 11.5 Å². The van der Waals surface area contributed by atoms with Gasteiger partial charge in [-0.05, 0) is 37.3 Å². The number of carbonyl (C=O) groups excluding carboxylic acids is 1. The summed E-state index contributed by atoms with van der Waals surface area (Å²) in [6.45, 7) is 2.58. The number of hydrogen-bond acceptors (Lipinski definition) is 7. The standard InChI is InChI=1S/C21H19N5O3S/c1-2-26-20(28)17-8-3-4-9-18(17)23-21(26)25-24-19(27)14-6-5-7-16(10-14)29-11-15-12-30-13-22-15/h3-10,12-13H,2,11H2,1H3,(H,23,25)(H,24,27). The summed E-state index contributed by atoms with van der Waals surface area (Å²) in [6.07, 6.45) is 0. The summed E-state index contributed by atoms with van der Waals surface area (Å²) in [5.41, 5.74) is 8.74. The van der Waals surface area contributed by atoms with Crippen molar-refractivity contribution in [2.24, 2.45) is 0 Å². The monoisotopic (exact) mass is 421 g/mol. The smallest absolute Gasteiger partial charge is 0.269 e. The number of hydrazine groups is 1. The maximum atomic E-state index is 12.7. The Bertz CT molecular complexity index is 1240. The zero-order chi connectivity index (χ0) is 20.9. The average Bonchev–Trinajstić information content (AvgIpc) is 3.30. The molecule has 4 aromatic rings. The Kier molecular flexibility index (Phi) is 5.71. The van der Waals surface area contributed by atoms with Gasteiger partial charge in [0.05, 0.1) is 22.1 Å². The molecule has 9 heteroatoms. The van der Waals surface area contributed by atoms with Gasteiger partial charge in [-0.2, -0.15) is 0 Å². The molecule has 0 saturated carbocycles. The SMILES string of the molecule is CCn1c(NNC(=O)c2cccc(OCc3cscn3)c2)nc2ccccc2c1=O. The van der Waals surface area contributed by atoms with Crippen molar-refractivity contribution in [2.45, 2.75) is 20.1 Å². The highest BCUT2D eigenvalue weighted by atomic mass is 32.1. The lowest BCUT2D eigenvalue weighted by atomic mass is 10.2. The molecule has 2 aromatic carbocycles. The molecule has 2 heterocycles. The number of hydrogen-bond donors (Lipinski definition) is 2. The van der Waals surface area contributed by atoms with Gasteiger partial charge in [0.2, 0.25) is 5.95 Å². The second-order valence-electron chi connectivity index (χ2n) is 6.38. The van der Waals surface area contributed by atoms with E-state index in [1.165, 1.54) is 15.9 Å². The van der Waals surface area contributed by atoms with E-state index in [1.807, 2.05) is 18.4 Å². The van der Waals surface area contributed by atoms with E-state index in [4.69, 9.17) is 4.74 Å². The number of anilines is 1. The third-order valence-corrected chi connectivity index (χ3v) is 5.07. The second kappa shape index (κ2) is 8.75. The van der Waals surface area contributed by atoms with E-state index in [2.05, 4.69) is 20.8 Å². The van der Waals surface area contributed by atoms with Gasteiger partial charge in [-0.1, -0.05) is 18.2 Å². The van der Waals surface area contributed by atoms with Gasteiger partial charge in [-0.3, -0.25) is 25.0 Å². The molecule has 0 spiro atoms. The van der Waals surface area contributed by atoms with Crippen LogP contribution in [0.4, 0.5) is 5.95 Å². The predicted molar refractivity (Wildman–Crippen MR) is 116 cm³/mol. The zero-order valence-corrected chi connectivity index (χ0v) is 17.0. The largest absolute Gasteiger partial charge is 0.487 e. The number of para-hydroxylation sites is 1. The molecule has 0 aliphatic rings. The summed E-state index contributed by atoms with van der Waals surface area (Å²) in [5, 5.41) is 2.44. The lowest BCUT2D eigenvalue weighted by Crippen LogP contribution is -2.34. The molecular formula is C21H19N5O3S. The molecule has 1 amide bonds. The van der Waals surface area contributed by atoms with Crippen LogP contribution in [0.25, 0.3) is 10.9 Å². The van der Waals surface area contributed by atoms with Crippen molar-refractivity contribution < 1.29 is 9.53 Å². The first kappa shape index (κ1) is 19.6. The Morgan fingerprint density at radius 3 is 2.87 bits per heavy atom. The van der Waals surface area contributed by atoms with Crippen LogP contribution in [0.2, 0.25) is 0 Å². The number of carbonyl (C=O) groups is 1. The highest BCUT2D eigenvalue weighted by Crippen LogP contribution is 2.16. The molecule has 8 nitrogen and oxygen atoms in total. The lowest BCUT2D eigenvalue weighted by Gasteiger charge is -2.14. The summed E-state index contributed by atoms with van der Waals surface area (Å²) in [7, 11) is 0. The van der Waals surface area contributed by atoms with Crippen LogP contribution in [0.15, 0.2) is 64.2 Å². The van der Waals surface area contributed by atoms with Gasteiger partial charge in [-0.15, -0.1) is 11.3 Å². The minimum Gasteiger partial charge on any atom is -0.487 e. The highest BCUT2D eigenvalue weighted by molar-refractivity contribution is 7.07. The Morgan fingerprint density at radius 1 is 1.20 bits per heavy atom. The summed E-state index contributed by atoms with van der Waals surface area (Å²) in [4.78, 5) is 33.9. The van der Waals surface area contributed by atoms with Crippen LogP contribution in [0.5, 0.6) is 5.75 Å². The molecule has 0 saturated heterocycles. The summed E-state index contributed by atoms with van der Waals surface area (Å²) < 4.78 is 7.16. The van der Waals surface area contributed by atoms with Crippen LogP contribution in [-0.4, -0.2) is 20.4 Å². The van der Waals surface area contributed by atoms with Crippen molar-refractivity contribution in [3.8, 4) is 5.75 Å². The van der Waals surface area contributed by atoms with E-state index in [-0.39, 0.29) is 17.4 Å². The normalized spacial score (nSPS) is 10.7. The summed E-state index contributed by atoms with van der Waals surface area (Å²) in [6, 6.07) is 13.9. The minimum absolute atomic E-state index is 0.169. The second-order valence-corrected chi connectivity index (χ2v) is 7.10. The molecule has 2 N–H and O–H groups in total. The third-order valence-electron chi connectivity index (χ3n) is 4.43. The van der Waals surface area contributed by atoms with Crippen molar-refractivity contribution in [2.75, 3.05) is 5.43 Å². The fourth-order valence-electron chi connectivity index (χ4n) is 2.93. The Morgan fingerprint density at radius 2 is 2.07 bits per heavy atom. The van der Waals surface area contributed by atoms with Crippen molar-refractivity contribution in [1.82, 2.24) is 20.0 Å². The number of ether oxygens (including phenoxy) is 1. The molecule has 152 valence electrons. The Balaban J connectivity index is 1.48. The molecule has 4 rings (SSSR count). The number of nitrogens with zero attached hydrogens (tertiary/aromatic N) is 3. The summed E-state index contributed by atoms with van der Waals surface area (Å²) >= 11 is 1.50. The molecule has 0 aliphatic heterocycles. The average molecular weight is 421 g/mol. The fourth-order valence-corrected chi connectivity index (χ4v) is 3.48. The first-order valence-corrected chi connectivity index (χ1v) is 10.3. The van der Waals surface area contributed by atoms with Gasteiger partial charge in [0.1, 0.15) is 12.4 Å². The molecule has 0 atom stereocenters. The van der Waals surface area contributed by atoms with Crippen LogP contribution in [0, 0.1) is 0 Å². The number of benzene rings is 2. The lowest BCUT2D eigenvalue weighted by molar-refractivity contribution is 0.0961. The van der Waals surface area contributed by atoms with Gasteiger partial charge >= 0.3 is 0 Å². The van der Waals surface area contributed by atoms with Gasteiger partial charge in [-0.25, -0.2) is 9.97 Å². The van der Waals surface area contributed by atoms with Crippen molar-refractivity contribution in [3.05, 3.63) is 81.0 Å². The number of amides is 1. The van der Waals surface area contributed by atoms with Crippen molar-refractivity contribution in [3.63, 3.8) is 0 Å². The minimum atomic E-state index is -0.376. The van der Waals surface area contributed by atoms with E-state index in [0.717, 1.165) is 5.69 Å². The van der Waals surface area contributed by atoms with Crippen LogP contribution in [0.3, 0.4) is 0 Å². The topological polar surface area (TPSA) is 98.1 Å². The van der Waals surface area contributed by atoms with E-state index in [0.29, 0.717) is 35.4 Å². The van der Waals surface area contributed by atoms with Crippen molar-refractivity contribution in [1.29, 1.82) is 0 Å². The first-order chi connectivity index (χ1) is 14.7. The van der Waals surface area contributed by atoms with Gasteiger partial charge in [0, 0.05) is 17.5 Å². The molecule has 0 fully saturated rings. The molecule has 0 aliphatic carbocycles. The maximum Gasteiger partial charge on any atom is 0.269 e. The summed E-state index contributed by atoms with van der Waals surface area (Å²) in [5.74, 6) is 0.453. The van der Waals surface area contributed by atoms with Crippen LogP contribution in [-0.2, 0) is 13.2 Å². The zero-order valence-electron chi connectivity index (χ0n) is 16.2. The van der Waals surface area contributed by atoms with E-state index in [9.17, 15) is 9.59 Å². The Hall–Kier alpha value is -3.72. The molecule has 30 heavy (non-hydrogen) atoms. The first-order valence-electron chi connectivity index (χ1n) is 9.31.